The first-order valence-corrected chi connectivity index (χ1v) is 19.4. The number of likely N-dealkylation sites (N-methyl/N-ethyl adjacent to an activating group) is 1. The van der Waals surface area contributed by atoms with Gasteiger partial charge >= 0.3 is 0 Å². The van der Waals surface area contributed by atoms with Gasteiger partial charge in [-0.15, -0.1) is 11.3 Å². The largest absolute Gasteiger partial charge is 0.341 e. The van der Waals surface area contributed by atoms with Gasteiger partial charge in [-0.3, -0.25) is 19.3 Å². The minimum absolute atomic E-state index is 0.0334. The van der Waals surface area contributed by atoms with Gasteiger partial charge in [0.05, 0.1) is 6.54 Å². The van der Waals surface area contributed by atoms with Crippen LogP contribution < -0.4 is 4.72 Å². The van der Waals surface area contributed by atoms with Crippen molar-refractivity contribution in [1.82, 2.24) is 24.3 Å². The molecule has 16 heteroatoms. The average Bonchev–Trinajstić information content (AvgIpc) is 3.69. The Morgan fingerprint density at radius 2 is 1.82 bits per heavy atom. The van der Waals surface area contributed by atoms with Gasteiger partial charge in [0.15, 0.2) is 9.84 Å². The second-order valence-corrected chi connectivity index (χ2v) is 17.6. The summed E-state index contributed by atoms with van der Waals surface area (Å²) in [5.74, 6) is -1.50. The number of carbonyl (C=O) groups excluding carboxylic acids is 3. The molecule has 0 radical (unpaired) electrons. The Morgan fingerprint density at radius 3 is 2.57 bits per heavy atom. The summed E-state index contributed by atoms with van der Waals surface area (Å²) < 4.78 is 52.9. The van der Waals surface area contributed by atoms with E-state index in [1.165, 1.54) is 9.80 Å². The van der Waals surface area contributed by atoms with E-state index in [0.29, 0.717) is 49.4 Å². The quantitative estimate of drug-likeness (QED) is 0.395. The number of thiophene rings is 1. The standard InChI is InChI=1S/C28H38ClN5O7S3/c1-31(26(36)18-43(2,38)39)21-9-12-32(15-21)16-22-5-3-11-34(22)25(35)17-33-10-4-6-23(28(33)37)30-44(40,41)27-14-19-13-20(29)7-8-24(19)42-27/h7-8,13-14,21-23,30H,3-6,9-12,15-18H2,1-2H3/t21?,22-,23-/m0/s1. The third-order valence-corrected chi connectivity index (χ3v) is 12.7. The Morgan fingerprint density at radius 1 is 1.07 bits per heavy atom. The number of rotatable bonds is 10. The molecule has 2 aromatic rings. The normalized spacial score (nSPS) is 23.5. The Hall–Kier alpha value is -2.30. The summed E-state index contributed by atoms with van der Waals surface area (Å²) in [5, 5.41) is 1.22. The van der Waals surface area contributed by atoms with E-state index in [4.69, 9.17) is 11.6 Å². The number of hydrogen-bond acceptors (Lipinski definition) is 9. The Kier molecular flexibility index (Phi) is 9.93. The fraction of sp³-hybridized carbons (Fsp3) is 0.607. The van der Waals surface area contributed by atoms with E-state index >= 15 is 0 Å². The molecule has 242 valence electrons. The molecular weight excluding hydrogens is 650 g/mol. The van der Waals surface area contributed by atoms with Crippen molar-refractivity contribution in [3.05, 3.63) is 29.3 Å². The van der Waals surface area contributed by atoms with Crippen LogP contribution in [0.5, 0.6) is 0 Å². The van der Waals surface area contributed by atoms with Crippen molar-refractivity contribution in [2.24, 2.45) is 0 Å². The summed E-state index contributed by atoms with van der Waals surface area (Å²) in [6.07, 6.45) is 4.36. The van der Waals surface area contributed by atoms with E-state index in [-0.39, 0.29) is 28.7 Å². The average molecular weight is 688 g/mol. The number of sulfone groups is 1. The number of carbonyl (C=O) groups is 3. The van der Waals surface area contributed by atoms with E-state index in [0.717, 1.165) is 48.1 Å². The van der Waals surface area contributed by atoms with Crippen LogP contribution in [0.1, 0.15) is 32.1 Å². The number of halogens is 1. The number of nitrogens with one attached hydrogen (secondary N) is 1. The van der Waals surface area contributed by atoms with Crippen molar-refractivity contribution in [1.29, 1.82) is 0 Å². The zero-order chi connectivity index (χ0) is 31.8. The van der Waals surface area contributed by atoms with Gasteiger partial charge in [-0.1, -0.05) is 11.6 Å². The van der Waals surface area contributed by atoms with Gasteiger partial charge in [-0.2, -0.15) is 4.72 Å². The minimum Gasteiger partial charge on any atom is -0.341 e. The highest BCUT2D eigenvalue weighted by atomic mass is 35.5. The van der Waals surface area contributed by atoms with Crippen LogP contribution in [0.25, 0.3) is 10.1 Å². The molecule has 0 saturated carbocycles. The third-order valence-electron chi connectivity index (χ3n) is 8.62. The molecule has 3 atom stereocenters. The number of hydrogen-bond donors (Lipinski definition) is 1. The van der Waals surface area contributed by atoms with Crippen LogP contribution in [0.4, 0.5) is 0 Å². The van der Waals surface area contributed by atoms with E-state index < -0.39 is 43.5 Å². The molecule has 3 saturated heterocycles. The van der Waals surface area contributed by atoms with Crippen LogP contribution in [0.3, 0.4) is 0 Å². The zero-order valence-corrected chi connectivity index (χ0v) is 28.0. The van der Waals surface area contributed by atoms with Crippen molar-refractivity contribution in [3.8, 4) is 0 Å². The molecule has 3 aliphatic heterocycles. The minimum atomic E-state index is -3.96. The fourth-order valence-corrected chi connectivity index (χ4v) is 9.76. The highest BCUT2D eigenvalue weighted by Crippen LogP contribution is 2.31. The lowest BCUT2D eigenvalue weighted by molar-refractivity contribution is -0.143. The van der Waals surface area contributed by atoms with Crippen molar-refractivity contribution in [3.63, 3.8) is 0 Å². The number of sulfonamides is 1. The van der Waals surface area contributed by atoms with Gasteiger partial charge in [0.1, 0.15) is 16.0 Å². The first-order chi connectivity index (χ1) is 20.7. The second-order valence-electron chi connectivity index (χ2n) is 12.0. The van der Waals surface area contributed by atoms with E-state index in [1.807, 2.05) is 4.90 Å². The molecule has 44 heavy (non-hydrogen) atoms. The van der Waals surface area contributed by atoms with Crippen LogP contribution in [0.15, 0.2) is 28.5 Å². The van der Waals surface area contributed by atoms with Gasteiger partial charge in [-0.25, -0.2) is 16.8 Å². The SMILES string of the molecule is CN(C(=O)CS(C)(=O)=O)C1CCN(C[C@@H]2CCCN2C(=O)CN2CCC[C@H](NS(=O)(=O)c3cc4cc(Cl)ccc4s3)C2=O)C1. The van der Waals surface area contributed by atoms with Crippen LogP contribution in [0, 0.1) is 0 Å². The molecule has 1 N–H and O–H groups in total. The predicted octanol–water partition coefficient (Wildman–Crippen LogP) is 1.39. The molecule has 0 aliphatic carbocycles. The molecule has 3 aliphatic rings. The number of nitrogens with zero attached hydrogens (tertiary/aromatic N) is 4. The molecule has 1 aromatic carbocycles. The second kappa shape index (κ2) is 13.2. The molecule has 1 unspecified atom stereocenters. The highest BCUT2D eigenvalue weighted by molar-refractivity contribution is 7.92. The maximum absolute atomic E-state index is 13.4. The third kappa shape index (κ3) is 7.73. The molecule has 4 heterocycles. The summed E-state index contributed by atoms with van der Waals surface area (Å²) in [4.78, 5) is 46.1. The Labute approximate surface area is 267 Å². The molecule has 3 fully saturated rings. The fourth-order valence-electron chi connectivity index (χ4n) is 6.30. The number of likely N-dealkylation sites (tertiary alicyclic amines) is 3. The van der Waals surface area contributed by atoms with Crippen LogP contribution in [-0.2, 0) is 34.2 Å². The van der Waals surface area contributed by atoms with Crippen molar-refractivity contribution >= 4 is 70.6 Å². The first kappa shape index (κ1) is 33.1. The topological polar surface area (TPSA) is 144 Å². The maximum atomic E-state index is 13.4. The van der Waals surface area contributed by atoms with Crippen molar-refractivity contribution in [2.75, 3.05) is 58.3 Å². The Bertz CT molecular complexity index is 1650. The highest BCUT2D eigenvalue weighted by Gasteiger charge is 2.38. The number of fused-ring (bicyclic) bond motifs is 1. The van der Waals surface area contributed by atoms with E-state index in [2.05, 4.69) is 9.62 Å². The molecule has 0 spiro atoms. The van der Waals surface area contributed by atoms with Gasteiger partial charge in [0.2, 0.25) is 17.7 Å². The lowest BCUT2D eigenvalue weighted by Gasteiger charge is -2.35. The first-order valence-electron chi connectivity index (χ1n) is 14.7. The van der Waals surface area contributed by atoms with Crippen LogP contribution >= 0.6 is 22.9 Å². The molecule has 5 rings (SSSR count). The van der Waals surface area contributed by atoms with E-state index in [9.17, 15) is 31.2 Å². The van der Waals surface area contributed by atoms with E-state index in [1.54, 1.807) is 31.3 Å². The van der Waals surface area contributed by atoms with Gasteiger partial charge < -0.3 is 14.7 Å². The summed E-state index contributed by atoms with van der Waals surface area (Å²) in [6.45, 7) is 2.82. The number of benzene rings is 1. The van der Waals surface area contributed by atoms with Crippen LogP contribution in [-0.4, -0.2) is 131 Å². The van der Waals surface area contributed by atoms with Crippen molar-refractivity contribution < 1.29 is 31.2 Å². The monoisotopic (exact) mass is 687 g/mol. The maximum Gasteiger partial charge on any atom is 0.250 e. The lowest BCUT2D eigenvalue weighted by atomic mass is 10.1. The zero-order valence-electron chi connectivity index (χ0n) is 24.8. The number of amides is 3. The van der Waals surface area contributed by atoms with Crippen molar-refractivity contribution in [2.45, 2.75) is 54.4 Å². The Balaban J connectivity index is 1.15. The van der Waals surface area contributed by atoms with Crippen LogP contribution in [0.2, 0.25) is 5.02 Å². The molecule has 1 aromatic heterocycles. The molecular formula is C28H38ClN5O7S3. The summed E-state index contributed by atoms with van der Waals surface area (Å²) in [7, 11) is -5.74. The van der Waals surface area contributed by atoms with Gasteiger partial charge in [0, 0.05) is 67.8 Å². The summed E-state index contributed by atoms with van der Waals surface area (Å²) in [5.41, 5.74) is 0. The predicted molar refractivity (Wildman–Crippen MR) is 169 cm³/mol. The summed E-state index contributed by atoms with van der Waals surface area (Å²) in [6, 6.07) is 5.62. The van der Waals surface area contributed by atoms with Gasteiger partial charge in [-0.05, 0) is 61.8 Å². The van der Waals surface area contributed by atoms with Gasteiger partial charge in [0.25, 0.3) is 10.0 Å². The molecule has 3 amide bonds. The molecule has 0 bridgehead atoms. The smallest absolute Gasteiger partial charge is 0.250 e. The molecule has 12 nitrogen and oxygen atoms in total. The summed E-state index contributed by atoms with van der Waals surface area (Å²) >= 11 is 7.15. The lowest BCUT2D eigenvalue weighted by Crippen LogP contribution is -2.55. The number of piperidine rings is 1.